The molecule has 0 spiro atoms. The standard InChI is InChI=1S/C14H29NO2S/c1-14(2,3)12-7-8-13(15)11(10-12)6-5-9-18(4,16)17/h11-13H,5-10,15H2,1-4H3. The Bertz CT molecular complexity index is 356. The molecule has 1 rings (SSSR count). The number of rotatable bonds is 4. The van der Waals surface area contributed by atoms with Crippen LogP contribution in [-0.4, -0.2) is 26.5 Å². The highest BCUT2D eigenvalue weighted by molar-refractivity contribution is 7.90. The van der Waals surface area contributed by atoms with E-state index in [4.69, 9.17) is 5.73 Å². The third-order valence-electron chi connectivity index (χ3n) is 4.36. The van der Waals surface area contributed by atoms with E-state index in [-0.39, 0.29) is 6.04 Å². The SMILES string of the molecule is CC(C)(C)C1CCC(N)C(CCCS(C)(=O)=O)C1. The molecule has 3 nitrogen and oxygen atoms in total. The first-order valence-corrected chi connectivity index (χ1v) is 9.09. The highest BCUT2D eigenvalue weighted by Crippen LogP contribution is 2.41. The zero-order valence-corrected chi connectivity index (χ0v) is 13.1. The molecular weight excluding hydrogens is 246 g/mol. The van der Waals surface area contributed by atoms with E-state index < -0.39 is 9.84 Å². The topological polar surface area (TPSA) is 60.2 Å². The highest BCUT2D eigenvalue weighted by Gasteiger charge is 2.34. The Morgan fingerprint density at radius 1 is 1.22 bits per heavy atom. The van der Waals surface area contributed by atoms with Crippen molar-refractivity contribution in [1.29, 1.82) is 0 Å². The Morgan fingerprint density at radius 2 is 1.83 bits per heavy atom. The van der Waals surface area contributed by atoms with Gasteiger partial charge in [0, 0.05) is 18.1 Å². The molecule has 3 atom stereocenters. The van der Waals surface area contributed by atoms with Crippen LogP contribution in [0.15, 0.2) is 0 Å². The average Bonchev–Trinajstić information content (AvgIpc) is 2.17. The quantitative estimate of drug-likeness (QED) is 0.858. The van der Waals surface area contributed by atoms with E-state index >= 15 is 0 Å². The minimum absolute atomic E-state index is 0.267. The van der Waals surface area contributed by atoms with E-state index in [1.165, 1.54) is 12.7 Å². The number of sulfone groups is 1. The smallest absolute Gasteiger partial charge is 0.147 e. The minimum atomic E-state index is -2.83. The van der Waals surface area contributed by atoms with Crippen molar-refractivity contribution in [1.82, 2.24) is 0 Å². The van der Waals surface area contributed by atoms with Crippen molar-refractivity contribution in [3.8, 4) is 0 Å². The van der Waals surface area contributed by atoms with Crippen LogP contribution in [0.2, 0.25) is 0 Å². The van der Waals surface area contributed by atoms with Crippen molar-refractivity contribution < 1.29 is 8.42 Å². The molecule has 1 aliphatic carbocycles. The molecule has 0 aromatic rings. The molecule has 0 bridgehead atoms. The fourth-order valence-electron chi connectivity index (χ4n) is 3.01. The summed E-state index contributed by atoms with van der Waals surface area (Å²) in [5.74, 6) is 1.53. The van der Waals surface area contributed by atoms with Crippen molar-refractivity contribution in [2.45, 2.75) is 58.9 Å². The predicted molar refractivity (Wildman–Crippen MR) is 77.2 cm³/mol. The fraction of sp³-hybridized carbons (Fsp3) is 1.00. The molecule has 1 fully saturated rings. The first-order valence-electron chi connectivity index (χ1n) is 7.03. The molecule has 0 aliphatic heterocycles. The van der Waals surface area contributed by atoms with Crippen LogP contribution in [0.3, 0.4) is 0 Å². The summed E-state index contributed by atoms with van der Waals surface area (Å²) in [7, 11) is -2.83. The maximum Gasteiger partial charge on any atom is 0.147 e. The van der Waals surface area contributed by atoms with Crippen LogP contribution < -0.4 is 5.73 Å². The first kappa shape index (κ1) is 16.0. The normalized spacial score (nSPS) is 30.4. The van der Waals surface area contributed by atoms with Crippen molar-refractivity contribution in [2.75, 3.05) is 12.0 Å². The van der Waals surface area contributed by atoms with Gasteiger partial charge in [0.2, 0.25) is 0 Å². The molecule has 2 N–H and O–H groups in total. The maximum atomic E-state index is 11.1. The third-order valence-corrected chi connectivity index (χ3v) is 5.39. The van der Waals surface area contributed by atoms with Gasteiger partial charge in [-0.25, -0.2) is 8.42 Å². The van der Waals surface area contributed by atoms with Gasteiger partial charge >= 0.3 is 0 Å². The molecule has 0 heterocycles. The molecule has 0 radical (unpaired) electrons. The maximum absolute atomic E-state index is 11.1. The Morgan fingerprint density at radius 3 is 2.33 bits per heavy atom. The summed E-state index contributed by atoms with van der Waals surface area (Å²) in [4.78, 5) is 0. The van der Waals surface area contributed by atoms with E-state index in [1.54, 1.807) is 0 Å². The van der Waals surface area contributed by atoms with Gasteiger partial charge in [-0.2, -0.15) is 0 Å². The van der Waals surface area contributed by atoms with E-state index in [1.807, 2.05) is 0 Å². The summed E-state index contributed by atoms with van der Waals surface area (Å²) >= 11 is 0. The summed E-state index contributed by atoms with van der Waals surface area (Å²) in [6.45, 7) is 6.88. The van der Waals surface area contributed by atoms with Crippen LogP contribution in [0, 0.1) is 17.3 Å². The highest BCUT2D eigenvalue weighted by atomic mass is 32.2. The summed E-state index contributed by atoms with van der Waals surface area (Å²) in [5.41, 5.74) is 6.53. The zero-order chi connectivity index (χ0) is 14.0. The minimum Gasteiger partial charge on any atom is -0.327 e. The molecule has 18 heavy (non-hydrogen) atoms. The van der Waals surface area contributed by atoms with Gasteiger partial charge in [-0.05, 0) is 49.4 Å². The van der Waals surface area contributed by atoms with Crippen LogP contribution >= 0.6 is 0 Å². The Balaban J connectivity index is 2.48. The predicted octanol–water partition coefficient (Wildman–Crippen LogP) is 2.60. The van der Waals surface area contributed by atoms with Gasteiger partial charge in [0.25, 0.3) is 0 Å². The van der Waals surface area contributed by atoms with E-state index in [0.717, 1.165) is 31.6 Å². The molecular formula is C14H29NO2S. The Kier molecular flexibility index (Phi) is 5.24. The Labute approximate surface area is 112 Å². The average molecular weight is 275 g/mol. The molecule has 4 heteroatoms. The van der Waals surface area contributed by atoms with Crippen LogP contribution in [0.4, 0.5) is 0 Å². The lowest BCUT2D eigenvalue weighted by Gasteiger charge is -2.40. The summed E-state index contributed by atoms with van der Waals surface area (Å²) in [6, 6.07) is 0.267. The van der Waals surface area contributed by atoms with Crippen molar-refractivity contribution in [3.63, 3.8) is 0 Å². The zero-order valence-electron chi connectivity index (χ0n) is 12.3. The van der Waals surface area contributed by atoms with E-state index in [2.05, 4.69) is 20.8 Å². The summed E-state index contributed by atoms with van der Waals surface area (Å²) in [6.07, 6.45) is 6.49. The van der Waals surface area contributed by atoms with Gasteiger partial charge < -0.3 is 5.73 Å². The van der Waals surface area contributed by atoms with E-state index in [0.29, 0.717) is 17.1 Å². The molecule has 108 valence electrons. The van der Waals surface area contributed by atoms with Crippen molar-refractivity contribution in [2.24, 2.45) is 23.0 Å². The second kappa shape index (κ2) is 5.91. The molecule has 0 aromatic heterocycles. The van der Waals surface area contributed by atoms with Crippen LogP contribution in [0.25, 0.3) is 0 Å². The second-order valence-corrected chi connectivity index (χ2v) is 9.33. The molecule has 0 amide bonds. The van der Waals surface area contributed by atoms with E-state index in [9.17, 15) is 8.42 Å². The van der Waals surface area contributed by atoms with Crippen LogP contribution in [0.1, 0.15) is 52.9 Å². The molecule has 0 saturated heterocycles. The molecule has 1 aliphatic rings. The Hall–Kier alpha value is -0.0900. The van der Waals surface area contributed by atoms with Crippen LogP contribution in [0.5, 0.6) is 0 Å². The molecule has 3 unspecified atom stereocenters. The van der Waals surface area contributed by atoms with Gasteiger partial charge in [-0.15, -0.1) is 0 Å². The first-order chi connectivity index (χ1) is 8.09. The largest absolute Gasteiger partial charge is 0.327 e. The molecule has 0 aromatic carbocycles. The number of hydrogen-bond donors (Lipinski definition) is 1. The van der Waals surface area contributed by atoms with Gasteiger partial charge in [0.15, 0.2) is 0 Å². The van der Waals surface area contributed by atoms with Gasteiger partial charge in [-0.1, -0.05) is 20.8 Å². The fourth-order valence-corrected chi connectivity index (χ4v) is 3.70. The lowest BCUT2D eigenvalue weighted by Crippen LogP contribution is -2.39. The van der Waals surface area contributed by atoms with Gasteiger partial charge in [0.1, 0.15) is 9.84 Å². The van der Waals surface area contributed by atoms with Crippen LogP contribution in [-0.2, 0) is 9.84 Å². The van der Waals surface area contributed by atoms with Gasteiger partial charge in [0.05, 0.1) is 0 Å². The van der Waals surface area contributed by atoms with Gasteiger partial charge in [-0.3, -0.25) is 0 Å². The lowest BCUT2D eigenvalue weighted by atomic mass is 9.67. The summed E-state index contributed by atoms with van der Waals surface area (Å²) in [5, 5.41) is 0. The van der Waals surface area contributed by atoms with Crippen molar-refractivity contribution >= 4 is 9.84 Å². The monoisotopic (exact) mass is 275 g/mol. The summed E-state index contributed by atoms with van der Waals surface area (Å²) < 4.78 is 22.3. The lowest BCUT2D eigenvalue weighted by molar-refractivity contribution is 0.122. The number of hydrogen-bond acceptors (Lipinski definition) is 3. The van der Waals surface area contributed by atoms with Crippen molar-refractivity contribution in [3.05, 3.63) is 0 Å². The third kappa shape index (κ3) is 5.27. The number of nitrogens with two attached hydrogens (primary N) is 1. The molecule has 1 saturated carbocycles. The second-order valence-electron chi connectivity index (χ2n) is 7.07.